The smallest absolute Gasteiger partial charge is 0.339 e. The summed E-state index contributed by atoms with van der Waals surface area (Å²) in [6.07, 6.45) is 1.36. The number of aromatic carboxylic acids is 1. The third-order valence-corrected chi connectivity index (χ3v) is 3.51. The number of halogens is 3. The van der Waals surface area contributed by atoms with Gasteiger partial charge in [0.15, 0.2) is 0 Å². The number of rotatable bonds is 2. The van der Waals surface area contributed by atoms with Crippen molar-refractivity contribution in [2.45, 2.75) is 25.2 Å². The number of carbonyl (C=O) groups is 1. The molecule has 0 aliphatic carbocycles. The first-order valence-electron chi connectivity index (χ1n) is 5.91. The van der Waals surface area contributed by atoms with Gasteiger partial charge in [-0.15, -0.1) is 0 Å². The van der Waals surface area contributed by atoms with Crippen LogP contribution in [0.5, 0.6) is 0 Å². The lowest BCUT2D eigenvalue weighted by atomic mass is 10.1. The van der Waals surface area contributed by atoms with E-state index < -0.39 is 11.9 Å². The van der Waals surface area contributed by atoms with Gasteiger partial charge in [0.2, 0.25) is 5.92 Å². The van der Waals surface area contributed by atoms with Gasteiger partial charge < -0.3 is 10.0 Å². The fourth-order valence-electron chi connectivity index (χ4n) is 2.12. The SMILES string of the molecule is O=C(O)c1cc(Br)cnc1N1CCCC(F)(F)CC1. The molecule has 0 radical (unpaired) electrons. The van der Waals surface area contributed by atoms with E-state index >= 15 is 0 Å². The lowest BCUT2D eigenvalue weighted by Crippen LogP contribution is -2.28. The molecule has 0 unspecified atom stereocenters. The molecule has 0 saturated carbocycles. The Labute approximate surface area is 117 Å². The molecule has 0 aromatic carbocycles. The number of carboxylic acid groups (broad SMARTS) is 1. The number of anilines is 1. The zero-order valence-corrected chi connectivity index (χ0v) is 11.7. The number of aromatic nitrogens is 1. The lowest BCUT2D eigenvalue weighted by Gasteiger charge is -2.23. The molecule has 104 valence electrons. The van der Waals surface area contributed by atoms with E-state index in [9.17, 15) is 13.6 Å². The molecule has 1 aliphatic heterocycles. The van der Waals surface area contributed by atoms with Crippen molar-refractivity contribution in [3.05, 3.63) is 22.3 Å². The summed E-state index contributed by atoms with van der Waals surface area (Å²) >= 11 is 3.16. The fourth-order valence-corrected chi connectivity index (χ4v) is 2.45. The second-order valence-electron chi connectivity index (χ2n) is 4.53. The van der Waals surface area contributed by atoms with Crippen LogP contribution in [0.1, 0.15) is 29.6 Å². The number of pyridine rings is 1. The van der Waals surface area contributed by atoms with Crippen molar-refractivity contribution in [3.63, 3.8) is 0 Å². The van der Waals surface area contributed by atoms with Crippen molar-refractivity contribution in [3.8, 4) is 0 Å². The molecule has 0 spiro atoms. The number of hydrogen-bond acceptors (Lipinski definition) is 3. The summed E-state index contributed by atoms with van der Waals surface area (Å²) in [7, 11) is 0. The molecule has 2 rings (SSSR count). The van der Waals surface area contributed by atoms with E-state index in [-0.39, 0.29) is 30.8 Å². The average molecular weight is 335 g/mol. The third kappa shape index (κ3) is 3.40. The normalized spacial score (nSPS) is 19.0. The second-order valence-corrected chi connectivity index (χ2v) is 5.44. The van der Waals surface area contributed by atoms with Crippen LogP contribution in [0, 0.1) is 0 Å². The molecule has 1 aliphatic rings. The Morgan fingerprint density at radius 2 is 2.16 bits per heavy atom. The van der Waals surface area contributed by atoms with Crippen LogP contribution in [0.4, 0.5) is 14.6 Å². The molecule has 7 heteroatoms. The maximum atomic E-state index is 13.3. The first kappa shape index (κ1) is 14.2. The molecule has 1 fully saturated rings. The number of alkyl halides is 2. The highest BCUT2D eigenvalue weighted by atomic mass is 79.9. The summed E-state index contributed by atoms with van der Waals surface area (Å²) in [5, 5.41) is 9.16. The Balaban J connectivity index is 2.29. The molecule has 0 atom stereocenters. The van der Waals surface area contributed by atoms with E-state index in [1.807, 2.05) is 0 Å². The predicted octanol–water partition coefficient (Wildman–Crippen LogP) is 3.17. The first-order chi connectivity index (χ1) is 8.89. The molecule has 1 saturated heterocycles. The van der Waals surface area contributed by atoms with Crippen LogP contribution in [-0.4, -0.2) is 35.1 Å². The van der Waals surface area contributed by atoms with Crippen LogP contribution in [-0.2, 0) is 0 Å². The van der Waals surface area contributed by atoms with Crippen molar-refractivity contribution >= 4 is 27.7 Å². The minimum absolute atomic E-state index is 0.0274. The van der Waals surface area contributed by atoms with E-state index in [1.54, 1.807) is 4.90 Å². The van der Waals surface area contributed by atoms with E-state index in [2.05, 4.69) is 20.9 Å². The summed E-state index contributed by atoms with van der Waals surface area (Å²) in [6, 6.07) is 1.44. The van der Waals surface area contributed by atoms with Crippen molar-refractivity contribution in [2.75, 3.05) is 18.0 Å². The number of carboxylic acids is 1. The van der Waals surface area contributed by atoms with E-state index in [0.717, 1.165) is 0 Å². The molecule has 1 aromatic rings. The van der Waals surface area contributed by atoms with Gasteiger partial charge in [-0.05, 0) is 28.4 Å². The van der Waals surface area contributed by atoms with Crippen molar-refractivity contribution < 1.29 is 18.7 Å². The van der Waals surface area contributed by atoms with E-state index in [1.165, 1.54) is 12.3 Å². The van der Waals surface area contributed by atoms with Crippen molar-refractivity contribution in [1.82, 2.24) is 4.98 Å². The van der Waals surface area contributed by atoms with Gasteiger partial charge in [0.25, 0.3) is 0 Å². The second kappa shape index (κ2) is 5.40. The van der Waals surface area contributed by atoms with Crippen molar-refractivity contribution in [2.24, 2.45) is 0 Å². The van der Waals surface area contributed by atoms with Gasteiger partial charge in [0, 0.05) is 36.6 Å². The minimum atomic E-state index is -2.67. The highest BCUT2D eigenvalue weighted by molar-refractivity contribution is 9.10. The van der Waals surface area contributed by atoms with Crippen LogP contribution >= 0.6 is 15.9 Å². The van der Waals surface area contributed by atoms with Gasteiger partial charge in [-0.1, -0.05) is 0 Å². The Bertz CT molecular complexity index is 497. The van der Waals surface area contributed by atoms with Gasteiger partial charge in [-0.25, -0.2) is 18.6 Å². The molecule has 1 N–H and O–H groups in total. The van der Waals surface area contributed by atoms with Gasteiger partial charge in [0.1, 0.15) is 11.4 Å². The maximum absolute atomic E-state index is 13.3. The molecule has 2 heterocycles. The molecule has 0 amide bonds. The molecule has 1 aromatic heterocycles. The van der Waals surface area contributed by atoms with Gasteiger partial charge >= 0.3 is 5.97 Å². The third-order valence-electron chi connectivity index (χ3n) is 3.08. The van der Waals surface area contributed by atoms with Gasteiger partial charge in [-0.3, -0.25) is 0 Å². The number of nitrogens with zero attached hydrogens (tertiary/aromatic N) is 2. The average Bonchev–Trinajstić information content (AvgIpc) is 2.50. The molecular weight excluding hydrogens is 322 g/mol. The molecule has 19 heavy (non-hydrogen) atoms. The van der Waals surface area contributed by atoms with Gasteiger partial charge in [-0.2, -0.15) is 0 Å². The fraction of sp³-hybridized carbons (Fsp3) is 0.500. The van der Waals surface area contributed by atoms with Crippen LogP contribution in [0.2, 0.25) is 0 Å². The molecule has 4 nitrogen and oxygen atoms in total. The highest BCUT2D eigenvalue weighted by Gasteiger charge is 2.32. The van der Waals surface area contributed by atoms with Crippen LogP contribution in [0.25, 0.3) is 0 Å². The molecule has 0 bridgehead atoms. The Kier molecular flexibility index (Phi) is 4.03. The maximum Gasteiger partial charge on any atom is 0.339 e. The van der Waals surface area contributed by atoms with E-state index in [4.69, 9.17) is 5.11 Å². The summed E-state index contributed by atoms with van der Waals surface area (Å²) in [6.45, 7) is 0.506. The van der Waals surface area contributed by atoms with Crippen LogP contribution in [0.15, 0.2) is 16.7 Å². The van der Waals surface area contributed by atoms with Crippen LogP contribution < -0.4 is 4.90 Å². The summed E-state index contributed by atoms with van der Waals surface area (Å²) in [4.78, 5) is 16.9. The van der Waals surface area contributed by atoms with Crippen molar-refractivity contribution in [1.29, 1.82) is 0 Å². The predicted molar refractivity (Wildman–Crippen MR) is 69.9 cm³/mol. The van der Waals surface area contributed by atoms with Gasteiger partial charge in [0.05, 0.1) is 0 Å². The summed E-state index contributed by atoms with van der Waals surface area (Å²) < 4.78 is 27.2. The Hall–Kier alpha value is -1.24. The summed E-state index contributed by atoms with van der Waals surface area (Å²) in [5.74, 6) is -3.53. The first-order valence-corrected chi connectivity index (χ1v) is 6.70. The minimum Gasteiger partial charge on any atom is -0.478 e. The Morgan fingerprint density at radius 3 is 2.84 bits per heavy atom. The quantitative estimate of drug-likeness (QED) is 0.902. The zero-order valence-electron chi connectivity index (χ0n) is 10.1. The summed E-state index contributed by atoms with van der Waals surface area (Å²) in [5.41, 5.74) is 0.0274. The Morgan fingerprint density at radius 1 is 1.42 bits per heavy atom. The lowest BCUT2D eigenvalue weighted by molar-refractivity contribution is -0.0102. The topological polar surface area (TPSA) is 53.4 Å². The monoisotopic (exact) mass is 334 g/mol. The van der Waals surface area contributed by atoms with Crippen LogP contribution in [0.3, 0.4) is 0 Å². The molecular formula is C12H13BrF2N2O2. The highest BCUT2D eigenvalue weighted by Crippen LogP contribution is 2.31. The zero-order chi connectivity index (χ0) is 14.0. The largest absolute Gasteiger partial charge is 0.478 e. The van der Waals surface area contributed by atoms with E-state index in [0.29, 0.717) is 17.4 Å². The standard InChI is InChI=1S/C12H13BrF2N2O2/c13-8-6-9(11(18)19)10(16-7-8)17-4-1-2-12(14,15)3-5-17/h6-7H,1-5H2,(H,18,19). The number of hydrogen-bond donors (Lipinski definition) is 1.